The van der Waals surface area contributed by atoms with Gasteiger partial charge in [-0.2, -0.15) is 13.2 Å². The number of rotatable bonds is 2. The Labute approximate surface area is 116 Å². The summed E-state index contributed by atoms with van der Waals surface area (Å²) in [7, 11) is 1.11. The van der Waals surface area contributed by atoms with Gasteiger partial charge in [0.15, 0.2) is 0 Å². The average Bonchev–Trinajstić information content (AvgIpc) is 2.26. The molecule has 0 fully saturated rings. The average molecular weight is 349 g/mol. The molecule has 0 radical (unpaired) electrons. The topological polar surface area (TPSA) is 52.3 Å². The first-order valence-corrected chi connectivity index (χ1v) is 5.26. The van der Waals surface area contributed by atoms with Gasteiger partial charge in [0.2, 0.25) is 0 Å². The fourth-order valence-corrected chi connectivity index (χ4v) is 1.71. The van der Waals surface area contributed by atoms with Crippen LogP contribution in [0.4, 0.5) is 13.2 Å². The van der Waals surface area contributed by atoms with E-state index in [1.165, 1.54) is 6.07 Å². The molecule has 1 rings (SSSR count). The van der Waals surface area contributed by atoms with Crippen molar-refractivity contribution in [1.82, 2.24) is 0 Å². The molecule has 3 nitrogen and oxygen atoms in total. The number of nitrogens with two attached hydrogens (primary N) is 1. The van der Waals surface area contributed by atoms with Gasteiger partial charge in [-0.25, -0.2) is 0 Å². The maximum Gasteiger partial charge on any atom is 0.416 e. The smallest absolute Gasteiger partial charge is 0.416 e. The van der Waals surface area contributed by atoms with E-state index in [1.54, 1.807) is 0 Å². The summed E-state index contributed by atoms with van der Waals surface area (Å²) < 4.78 is 42.1. The van der Waals surface area contributed by atoms with Crippen molar-refractivity contribution in [2.75, 3.05) is 7.11 Å². The van der Waals surface area contributed by atoms with Gasteiger partial charge in [0.05, 0.1) is 12.7 Å². The number of alkyl halides is 3. The van der Waals surface area contributed by atoms with Crippen molar-refractivity contribution in [1.29, 1.82) is 0 Å². The number of ether oxygens (including phenoxy) is 1. The van der Waals surface area contributed by atoms with Gasteiger partial charge >= 0.3 is 12.1 Å². The van der Waals surface area contributed by atoms with Gasteiger partial charge in [0.1, 0.15) is 6.04 Å². The van der Waals surface area contributed by atoms with Crippen LogP contribution in [0.15, 0.2) is 22.7 Å². The Balaban J connectivity index is 0.00000289. The van der Waals surface area contributed by atoms with E-state index in [2.05, 4.69) is 20.7 Å². The summed E-state index contributed by atoms with van der Waals surface area (Å²) in [4.78, 5) is 11.2. The van der Waals surface area contributed by atoms with Crippen LogP contribution in [0.1, 0.15) is 17.2 Å². The fourth-order valence-electron chi connectivity index (χ4n) is 1.21. The molecule has 1 aromatic carbocycles. The number of methoxy groups -OCH3 is 1. The van der Waals surface area contributed by atoms with Crippen LogP contribution in [-0.4, -0.2) is 13.1 Å². The first-order chi connectivity index (χ1) is 7.77. The number of carbonyl (C=O) groups is 1. The zero-order chi connectivity index (χ0) is 13.2. The number of halogens is 5. The molecule has 0 aliphatic rings. The van der Waals surface area contributed by atoms with E-state index < -0.39 is 23.8 Å². The number of hydrogen-bond acceptors (Lipinski definition) is 3. The minimum Gasteiger partial charge on any atom is -0.468 e. The van der Waals surface area contributed by atoms with Crippen LogP contribution in [0.5, 0.6) is 0 Å². The Hall–Kier alpha value is -0.790. The monoisotopic (exact) mass is 347 g/mol. The molecule has 0 bridgehead atoms. The molecule has 0 amide bonds. The van der Waals surface area contributed by atoms with Crippen molar-refractivity contribution < 1.29 is 22.7 Å². The Morgan fingerprint density at radius 2 is 2.00 bits per heavy atom. The molecule has 2 N–H and O–H groups in total. The maximum absolute atomic E-state index is 12.5. The van der Waals surface area contributed by atoms with E-state index in [4.69, 9.17) is 5.73 Å². The molecular formula is C10H10BrClF3NO2. The molecule has 0 heterocycles. The summed E-state index contributed by atoms with van der Waals surface area (Å²) in [6, 6.07) is 1.67. The first-order valence-electron chi connectivity index (χ1n) is 4.47. The molecule has 0 aliphatic carbocycles. The normalized spacial score (nSPS) is 12.6. The summed E-state index contributed by atoms with van der Waals surface area (Å²) in [5.41, 5.74) is 4.66. The molecule has 0 spiro atoms. The van der Waals surface area contributed by atoms with Crippen molar-refractivity contribution in [3.8, 4) is 0 Å². The van der Waals surface area contributed by atoms with Crippen LogP contribution >= 0.6 is 28.3 Å². The van der Waals surface area contributed by atoms with E-state index in [0.29, 0.717) is 4.47 Å². The molecule has 0 aliphatic heterocycles. The first kappa shape index (κ1) is 17.2. The lowest BCUT2D eigenvalue weighted by atomic mass is 10.0. The predicted octanol–water partition coefficient (Wildman–Crippen LogP) is 3.06. The van der Waals surface area contributed by atoms with Gasteiger partial charge in [-0.05, 0) is 23.8 Å². The van der Waals surface area contributed by atoms with Gasteiger partial charge in [0.25, 0.3) is 0 Å². The zero-order valence-electron chi connectivity index (χ0n) is 9.12. The molecular weight excluding hydrogens is 338 g/mol. The van der Waals surface area contributed by atoms with Crippen molar-refractivity contribution >= 4 is 34.3 Å². The van der Waals surface area contributed by atoms with Crippen LogP contribution < -0.4 is 5.73 Å². The Morgan fingerprint density at radius 1 is 1.44 bits per heavy atom. The van der Waals surface area contributed by atoms with Gasteiger partial charge in [-0.15, -0.1) is 12.4 Å². The molecule has 0 saturated heterocycles. The minimum atomic E-state index is -4.48. The highest BCUT2D eigenvalue weighted by molar-refractivity contribution is 9.10. The fraction of sp³-hybridized carbons (Fsp3) is 0.300. The van der Waals surface area contributed by atoms with Crippen LogP contribution in [0.3, 0.4) is 0 Å². The van der Waals surface area contributed by atoms with Gasteiger partial charge in [-0.3, -0.25) is 4.79 Å². The highest BCUT2D eigenvalue weighted by atomic mass is 79.9. The standard InChI is InChI=1S/C10H9BrF3NO2.ClH/c1-17-9(16)8(15)6-4-5(10(12,13)14)2-3-7(6)11;/h2-4,8H,15H2,1H3;1H/t8-;/m0./s1. The number of benzene rings is 1. The van der Waals surface area contributed by atoms with Crippen LogP contribution in [0, 0.1) is 0 Å². The molecule has 0 saturated carbocycles. The molecule has 1 atom stereocenters. The zero-order valence-corrected chi connectivity index (χ0v) is 11.5. The van der Waals surface area contributed by atoms with Crippen molar-refractivity contribution in [2.24, 2.45) is 5.73 Å². The van der Waals surface area contributed by atoms with Gasteiger partial charge in [0, 0.05) is 4.47 Å². The summed E-state index contributed by atoms with van der Waals surface area (Å²) >= 11 is 3.04. The van der Waals surface area contributed by atoms with Crippen LogP contribution in [0.2, 0.25) is 0 Å². The molecule has 18 heavy (non-hydrogen) atoms. The van der Waals surface area contributed by atoms with E-state index in [0.717, 1.165) is 19.2 Å². The molecule has 8 heteroatoms. The number of esters is 1. The van der Waals surface area contributed by atoms with Crippen LogP contribution in [-0.2, 0) is 15.7 Å². The third kappa shape index (κ3) is 3.86. The Bertz CT molecular complexity index is 440. The Morgan fingerprint density at radius 3 is 2.44 bits per heavy atom. The highest BCUT2D eigenvalue weighted by Crippen LogP contribution is 2.33. The van der Waals surface area contributed by atoms with Crippen molar-refractivity contribution in [2.45, 2.75) is 12.2 Å². The second kappa shape index (κ2) is 6.40. The molecule has 0 unspecified atom stereocenters. The maximum atomic E-state index is 12.5. The lowest BCUT2D eigenvalue weighted by Crippen LogP contribution is -2.23. The SMILES string of the molecule is COC(=O)[C@@H](N)c1cc(C(F)(F)F)ccc1Br.Cl. The third-order valence-electron chi connectivity index (χ3n) is 2.11. The van der Waals surface area contributed by atoms with Gasteiger partial charge < -0.3 is 10.5 Å². The van der Waals surface area contributed by atoms with E-state index >= 15 is 0 Å². The second-order valence-corrected chi connectivity index (χ2v) is 4.09. The molecule has 102 valence electrons. The number of hydrogen-bond donors (Lipinski definition) is 1. The van der Waals surface area contributed by atoms with E-state index in [1.807, 2.05) is 0 Å². The summed E-state index contributed by atoms with van der Waals surface area (Å²) in [5.74, 6) is -0.801. The lowest BCUT2D eigenvalue weighted by molar-refractivity contribution is -0.143. The summed E-state index contributed by atoms with van der Waals surface area (Å²) in [6.07, 6.45) is -4.48. The number of carbonyl (C=O) groups excluding carboxylic acids is 1. The van der Waals surface area contributed by atoms with Gasteiger partial charge in [-0.1, -0.05) is 15.9 Å². The van der Waals surface area contributed by atoms with Crippen molar-refractivity contribution in [3.05, 3.63) is 33.8 Å². The molecule has 1 aromatic rings. The van der Waals surface area contributed by atoms with E-state index in [9.17, 15) is 18.0 Å². The van der Waals surface area contributed by atoms with E-state index in [-0.39, 0.29) is 18.0 Å². The third-order valence-corrected chi connectivity index (χ3v) is 2.84. The predicted molar refractivity (Wildman–Crippen MR) is 65.3 cm³/mol. The van der Waals surface area contributed by atoms with Crippen LogP contribution in [0.25, 0.3) is 0 Å². The largest absolute Gasteiger partial charge is 0.468 e. The molecule has 0 aromatic heterocycles. The highest BCUT2D eigenvalue weighted by Gasteiger charge is 2.32. The Kier molecular flexibility index (Phi) is 6.12. The summed E-state index contributed by atoms with van der Waals surface area (Å²) in [6.45, 7) is 0. The quantitative estimate of drug-likeness (QED) is 0.836. The summed E-state index contributed by atoms with van der Waals surface area (Å²) in [5, 5.41) is 0. The minimum absolute atomic E-state index is 0. The lowest BCUT2D eigenvalue weighted by Gasteiger charge is -2.14. The van der Waals surface area contributed by atoms with Crippen molar-refractivity contribution in [3.63, 3.8) is 0 Å². The second-order valence-electron chi connectivity index (χ2n) is 3.23.